The van der Waals surface area contributed by atoms with Crippen molar-refractivity contribution in [3.05, 3.63) is 47.1 Å². The number of carbonyl (C=O) groups excluding carboxylic acids is 1. The van der Waals surface area contributed by atoms with Crippen LogP contribution in [0.25, 0.3) is 6.08 Å². The van der Waals surface area contributed by atoms with Crippen LogP contribution in [0.4, 0.5) is 0 Å². The van der Waals surface area contributed by atoms with Crippen molar-refractivity contribution in [1.82, 2.24) is 5.32 Å². The number of benzene rings is 1. The summed E-state index contributed by atoms with van der Waals surface area (Å²) in [5, 5.41) is 11.6. The van der Waals surface area contributed by atoms with Crippen LogP contribution in [0.5, 0.6) is 5.75 Å². The summed E-state index contributed by atoms with van der Waals surface area (Å²) in [7, 11) is 0. The topological polar surface area (TPSA) is 62.1 Å². The molecule has 0 atom stereocenters. The maximum absolute atomic E-state index is 11.6. The molecular formula is C15H14N2O2. The Morgan fingerprint density at radius 1 is 1.53 bits per heavy atom. The minimum Gasteiger partial charge on any atom is -0.488 e. The Bertz CT molecular complexity index is 594. The van der Waals surface area contributed by atoms with Gasteiger partial charge in [-0.2, -0.15) is 5.26 Å². The number of nitrogens with one attached hydrogen (secondary N) is 1. The third kappa shape index (κ3) is 3.02. The Morgan fingerprint density at radius 3 is 3.05 bits per heavy atom. The number of carbonyl (C=O) groups is 1. The number of nitriles is 1. The molecule has 0 fully saturated rings. The lowest BCUT2D eigenvalue weighted by molar-refractivity contribution is -0.117. The molecule has 1 aromatic rings. The van der Waals surface area contributed by atoms with Gasteiger partial charge in [0.2, 0.25) is 0 Å². The molecule has 2 rings (SSSR count). The van der Waals surface area contributed by atoms with Gasteiger partial charge in [-0.25, -0.2) is 0 Å². The largest absolute Gasteiger partial charge is 0.488 e. The molecule has 0 saturated carbocycles. The first-order valence-corrected chi connectivity index (χ1v) is 6.07. The van der Waals surface area contributed by atoms with Crippen molar-refractivity contribution in [2.75, 3.05) is 13.2 Å². The summed E-state index contributed by atoms with van der Waals surface area (Å²) in [6.45, 7) is 2.67. The highest BCUT2D eigenvalue weighted by atomic mass is 16.5. The number of fused-ring (bicyclic) bond motifs is 1. The van der Waals surface area contributed by atoms with E-state index >= 15 is 0 Å². The maximum atomic E-state index is 11.6. The molecule has 1 aliphatic rings. The molecule has 1 aromatic carbocycles. The number of ether oxygens (including phenoxy) is 1. The lowest BCUT2D eigenvalue weighted by Crippen LogP contribution is -2.24. The van der Waals surface area contributed by atoms with Crippen molar-refractivity contribution < 1.29 is 9.53 Å². The van der Waals surface area contributed by atoms with Gasteiger partial charge in [-0.3, -0.25) is 4.79 Å². The van der Waals surface area contributed by atoms with E-state index < -0.39 is 0 Å². The Kier molecular flexibility index (Phi) is 3.99. The van der Waals surface area contributed by atoms with E-state index in [2.05, 4.69) is 5.32 Å². The van der Waals surface area contributed by atoms with Crippen molar-refractivity contribution in [3.63, 3.8) is 0 Å². The zero-order chi connectivity index (χ0) is 13.7. The van der Waals surface area contributed by atoms with Crippen LogP contribution in [0.15, 0.2) is 41.5 Å². The fourth-order valence-corrected chi connectivity index (χ4v) is 1.81. The van der Waals surface area contributed by atoms with E-state index in [1.165, 1.54) is 0 Å². The van der Waals surface area contributed by atoms with Gasteiger partial charge >= 0.3 is 0 Å². The third-order valence-electron chi connectivity index (χ3n) is 2.69. The molecule has 4 nitrogen and oxygen atoms in total. The summed E-state index contributed by atoms with van der Waals surface area (Å²) in [6, 6.07) is 9.55. The van der Waals surface area contributed by atoms with Crippen LogP contribution in [0.1, 0.15) is 12.5 Å². The van der Waals surface area contributed by atoms with Crippen LogP contribution in [-0.2, 0) is 4.79 Å². The van der Waals surface area contributed by atoms with E-state index in [0.29, 0.717) is 13.2 Å². The minimum atomic E-state index is -0.357. The molecule has 1 heterocycles. The summed E-state index contributed by atoms with van der Waals surface area (Å²) in [5.41, 5.74) is 1.85. The number of amides is 1. The number of likely N-dealkylation sites (N-methyl/N-ethyl adjacent to an activating group) is 1. The predicted molar refractivity (Wildman–Crippen MR) is 72.3 cm³/mol. The number of rotatable bonds is 3. The van der Waals surface area contributed by atoms with Crippen molar-refractivity contribution in [2.45, 2.75) is 6.92 Å². The highest BCUT2D eigenvalue weighted by Gasteiger charge is 2.12. The van der Waals surface area contributed by atoms with E-state index in [9.17, 15) is 4.79 Å². The van der Waals surface area contributed by atoms with Crippen LogP contribution < -0.4 is 10.1 Å². The molecule has 4 heteroatoms. The lowest BCUT2D eigenvalue weighted by Gasteiger charge is -2.15. The highest BCUT2D eigenvalue weighted by molar-refractivity contribution is 5.98. The van der Waals surface area contributed by atoms with E-state index in [1.54, 1.807) is 6.08 Å². The zero-order valence-corrected chi connectivity index (χ0v) is 10.6. The molecule has 0 radical (unpaired) electrons. The molecule has 0 spiro atoms. The van der Waals surface area contributed by atoms with Gasteiger partial charge in [0.25, 0.3) is 5.91 Å². The molecule has 19 heavy (non-hydrogen) atoms. The molecule has 0 aliphatic carbocycles. The first kappa shape index (κ1) is 12.9. The monoisotopic (exact) mass is 254 g/mol. The van der Waals surface area contributed by atoms with Gasteiger partial charge in [0.15, 0.2) is 0 Å². The van der Waals surface area contributed by atoms with Gasteiger partial charge in [0, 0.05) is 12.1 Å². The Morgan fingerprint density at radius 2 is 2.32 bits per heavy atom. The summed E-state index contributed by atoms with van der Waals surface area (Å²) in [4.78, 5) is 11.6. The average Bonchev–Trinajstić information content (AvgIpc) is 2.44. The Hall–Kier alpha value is -2.54. The van der Waals surface area contributed by atoms with E-state index in [4.69, 9.17) is 10.00 Å². The van der Waals surface area contributed by atoms with Crippen molar-refractivity contribution in [1.29, 1.82) is 5.26 Å². The van der Waals surface area contributed by atoms with Crippen molar-refractivity contribution in [3.8, 4) is 11.8 Å². The molecule has 1 amide bonds. The lowest BCUT2D eigenvalue weighted by atomic mass is 10.1. The molecule has 1 N–H and O–H groups in total. The highest BCUT2D eigenvalue weighted by Crippen LogP contribution is 2.26. The summed E-state index contributed by atoms with van der Waals surface area (Å²) < 4.78 is 5.57. The van der Waals surface area contributed by atoms with Crippen LogP contribution in [0.2, 0.25) is 0 Å². The van der Waals surface area contributed by atoms with Gasteiger partial charge < -0.3 is 10.1 Å². The predicted octanol–water partition coefficient (Wildman–Crippen LogP) is 2.05. The minimum absolute atomic E-state index is 0.0936. The van der Waals surface area contributed by atoms with Crippen molar-refractivity contribution in [2.24, 2.45) is 0 Å². The van der Waals surface area contributed by atoms with Crippen molar-refractivity contribution >= 4 is 12.0 Å². The molecule has 96 valence electrons. The van der Waals surface area contributed by atoms with E-state index in [-0.39, 0.29) is 11.5 Å². The summed E-state index contributed by atoms with van der Waals surface area (Å²) in [5.74, 6) is 0.459. The molecule has 1 aliphatic heterocycles. The number of nitrogens with zero attached hydrogens (tertiary/aromatic N) is 1. The second-order valence-electron chi connectivity index (χ2n) is 4.08. The number of hydrogen-bond acceptors (Lipinski definition) is 3. The average molecular weight is 254 g/mol. The van der Waals surface area contributed by atoms with Gasteiger partial charge in [0.05, 0.1) is 0 Å². The second-order valence-corrected chi connectivity index (χ2v) is 4.08. The van der Waals surface area contributed by atoms with E-state index in [1.807, 2.05) is 43.3 Å². The van der Waals surface area contributed by atoms with Gasteiger partial charge in [-0.05, 0) is 30.7 Å². The fraction of sp³-hybridized carbons (Fsp3) is 0.200. The van der Waals surface area contributed by atoms with Crippen LogP contribution in [-0.4, -0.2) is 19.1 Å². The normalized spacial score (nSPS) is 13.7. The standard InChI is InChI=1S/C15H14N2O2/c1-2-17-15(18)13(9-16)8-11-7-12-5-3-4-6-14(12)19-10-11/h3-8H,2,10H2,1H3,(H,17,18)/b13-8+. The quantitative estimate of drug-likeness (QED) is 0.663. The Balaban J connectivity index is 2.27. The van der Waals surface area contributed by atoms with Crippen LogP contribution in [0.3, 0.4) is 0 Å². The Labute approximate surface area is 112 Å². The molecule has 0 aromatic heterocycles. The molecule has 0 bridgehead atoms. The molecule has 0 unspecified atom stereocenters. The second kappa shape index (κ2) is 5.87. The number of para-hydroxylation sites is 1. The summed E-state index contributed by atoms with van der Waals surface area (Å²) in [6.07, 6.45) is 3.50. The number of hydrogen-bond donors (Lipinski definition) is 1. The zero-order valence-electron chi connectivity index (χ0n) is 10.6. The SMILES string of the molecule is CCNC(=O)/C(C#N)=C/C1=Cc2ccccc2OC1. The fourth-order valence-electron chi connectivity index (χ4n) is 1.81. The third-order valence-corrected chi connectivity index (χ3v) is 2.69. The smallest absolute Gasteiger partial charge is 0.261 e. The van der Waals surface area contributed by atoms with Gasteiger partial charge in [-0.15, -0.1) is 0 Å². The van der Waals surface area contributed by atoms with Crippen LogP contribution >= 0.6 is 0 Å². The molecule has 0 saturated heterocycles. The molecular weight excluding hydrogens is 240 g/mol. The first-order valence-electron chi connectivity index (χ1n) is 6.07. The van der Waals surface area contributed by atoms with Crippen LogP contribution in [0, 0.1) is 11.3 Å². The maximum Gasteiger partial charge on any atom is 0.261 e. The first-order chi connectivity index (χ1) is 9.24. The van der Waals surface area contributed by atoms with Gasteiger partial charge in [-0.1, -0.05) is 18.2 Å². The summed E-state index contributed by atoms with van der Waals surface area (Å²) >= 11 is 0. The van der Waals surface area contributed by atoms with Gasteiger partial charge in [0.1, 0.15) is 24.0 Å². The van der Waals surface area contributed by atoms with E-state index in [0.717, 1.165) is 16.9 Å².